The summed E-state index contributed by atoms with van der Waals surface area (Å²) >= 11 is 1.38. The smallest absolute Gasteiger partial charge is 0.341 e. The van der Waals surface area contributed by atoms with Crippen LogP contribution in [0.15, 0.2) is 0 Å². The van der Waals surface area contributed by atoms with Crippen molar-refractivity contribution in [1.29, 1.82) is 0 Å². The Morgan fingerprint density at radius 1 is 1.24 bits per heavy atom. The molecule has 1 aromatic heterocycles. The van der Waals surface area contributed by atoms with E-state index in [1.54, 1.807) is 0 Å². The number of fused-ring (bicyclic) bond motifs is 3. The average molecular weight is 419 g/mol. The van der Waals surface area contributed by atoms with E-state index in [-0.39, 0.29) is 24.3 Å². The van der Waals surface area contributed by atoms with Gasteiger partial charge in [-0.15, -0.1) is 11.3 Å². The van der Waals surface area contributed by atoms with Crippen molar-refractivity contribution < 1.29 is 23.9 Å². The number of hydrogen-bond donors (Lipinski definition) is 1. The van der Waals surface area contributed by atoms with Crippen molar-refractivity contribution in [3.8, 4) is 0 Å². The highest BCUT2D eigenvalue weighted by molar-refractivity contribution is 7.17. The molecule has 7 nitrogen and oxygen atoms in total. The Labute approximate surface area is 173 Å². The maximum absolute atomic E-state index is 13.1. The zero-order chi connectivity index (χ0) is 21.1. The van der Waals surface area contributed by atoms with E-state index >= 15 is 0 Å². The fraction of sp³-hybridized carbons (Fsp3) is 0.619. The lowest BCUT2D eigenvalue weighted by Gasteiger charge is -2.47. The molecule has 0 radical (unpaired) electrons. The van der Waals surface area contributed by atoms with Crippen LogP contribution in [0.4, 0.5) is 5.00 Å². The number of hydrogen-bond acceptors (Lipinski definition) is 6. The average Bonchev–Trinajstić information content (AvgIpc) is 3.28. The third kappa shape index (κ3) is 2.75. The van der Waals surface area contributed by atoms with Gasteiger partial charge in [0, 0.05) is 10.8 Å². The minimum Gasteiger partial charge on any atom is -0.465 e. The molecule has 2 unspecified atom stereocenters. The standard InChI is InChI=1S/C21H26N2O5S/c1-20(2)12-8-9-21(20,3)19(27)23(17(12)25)10-14(24)22-16-15(18(26)28-4)11-6-5-7-13(11)29-16/h12H,5-10H2,1-4H3,(H,22,24). The van der Waals surface area contributed by atoms with E-state index in [9.17, 15) is 19.2 Å². The van der Waals surface area contributed by atoms with Crippen LogP contribution in [0, 0.1) is 16.7 Å². The Morgan fingerprint density at radius 2 is 1.97 bits per heavy atom. The molecule has 2 aliphatic carbocycles. The molecule has 29 heavy (non-hydrogen) atoms. The van der Waals surface area contributed by atoms with Crippen LogP contribution in [0.3, 0.4) is 0 Å². The van der Waals surface area contributed by atoms with Crippen LogP contribution in [0.2, 0.25) is 0 Å². The number of piperidine rings is 1. The molecule has 1 saturated heterocycles. The summed E-state index contributed by atoms with van der Waals surface area (Å²) in [6.45, 7) is 5.50. The summed E-state index contributed by atoms with van der Waals surface area (Å²) in [7, 11) is 1.32. The van der Waals surface area contributed by atoms with Gasteiger partial charge in [-0.05, 0) is 43.1 Å². The Hall–Kier alpha value is -2.22. The molecule has 2 atom stereocenters. The van der Waals surface area contributed by atoms with E-state index in [0.717, 1.165) is 34.6 Å². The van der Waals surface area contributed by atoms with Gasteiger partial charge in [0.25, 0.3) is 0 Å². The first kappa shape index (κ1) is 20.1. The summed E-state index contributed by atoms with van der Waals surface area (Å²) in [5.74, 6) is -1.75. The van der Waals surface area contributed by atoms with Crippen LogP contribution in [-0.4, -0.2) is 42.2 Å². The van der Waals surface area contributed by atoms with Crippen molar-refractivity contribution in [2.75, 3.05) is 19.0 Å². The molecule has 4 rings (SSSR count). The number of amides is 3. The molecule has 2 heterocycles. The molecule has 8 heteroatoms. The first-order chi connectivity index (χ1) is 13.6. The number of aryl methyl sites for hydroxylation is 1. The monoisotopic (exact) mass is 418 g/mol. The number of carbonyl (C=O) groups is 4. The van der Waals surface area contributed by atoms with Gasteiger partial charge in [0.05, 0.1) is 18.1 Å². The second kappa shape index (κ2) is 6.65. The number of carbonyl (C=O) groups excluding carboxylic acids is 4. The lowest BCUT2D eigenvalue weighted by Crippen LogP contribution is -2.60. The topological polar surface area (TPSA) is 92.8 Å². The molecule has 156 valence electrons. The molecular formula is C21H26N2O5S. The van der Waals surface area contributed by atoms with Crippen molar-refractivity contribution in [1.82, 2.24) is 4.90 Å². The van der Waals surface area contributed by atoms with E-state index in [0.29, 0.717) is 23.4 Å². The molecular weight excluding hydrogens is 392 g/mol. The highest BCUT2D eigenvalue weighted by Crippen LogP contribution is 2.60. The van der Waals surface area contributed by atoms with E-state index < -0.39 is 22.7 Å². The zero-order valence-electron chi connectivity index (χ0n) is 17.2. The van der Waals surface area contributed by atoms with Gasteiger partial charge in [0.1, 0.15) is 11.5 Å². The van der Waals surface area contributed by atoms with Crippen LogP contribution in [0.1, 0.15) is 60.8 Å². The summed E-state index contributed by atoms with van der Waals surface area (Å²) in [4.78, 5) is 53.2. The van der Waals surface area contributed by atoms with Crippen LogP contribution in [-0.2, 0) is 32.0 Å². The summed E-state index contributed by atoms with van der Waals surface area (Å²) < 4.78 is 4.90. The van der Waals surface area contributed by atoms with Gasteiger partial charge in [-0.1, -0.05) is 20.8 Å². The molecule has 0 aromatic carbocycles. The molecule has 1 saturated carbocycles. The zero-order valence-corrected chi connectivity index (χ0v) is 18.0. The fourth-order valence-corrected chi connectivity index (χ4v) is 6.46. The predicted octanol–water partition coefficient (Wildman–Crippen LogP) is 2.77. The lowest BCUT2D eigenvalue weighted by molar-refractivity contribution is -0.168. The molecule has 0 spiro atoms. The summed E-state index contributed by atoms with van der Waals surface area (Å²) in [5.41, 5.74) is 0.283. The minimum atomic E-state index is -0.646. The second-order valence-corrected chi connectivity index (χ2v) is 10.1. The summed E-state index contributed by atoms with van der Waals surface area (Å²) in [6, 6.07) is 0. The maximum atomic E-state index is 13.1. The van der Waals surface area contributed by atoms with Gasteiger partial charge >= 0.3 is 5.97 Å². The molecule has 3 amide bonds. The number of likely N-dealkylation sites (tertiary alicyclic amines) is 1. The summed E-state index contributed by atoms with van der Waals surface area (Å²) in [5, 5.41) is 3.20. The van der Waals surface area contributed by atoms with Gasteiger partial charge in [0.15, 0.2) is 0 Å². The van der Waals surface area contributed by atoms with E-state index in [4.69, 9.17) is 4.74 Å². The van der Waals surface area contributed by atoms with E-state index in [1.807, 2.05) is 20.8 Å². The normalized spacial score (nSPS) is 27.2. The SMILES string of the molecule is COC(=O)c1c(NC(=O)CN2C(=O)C3CCC(C)(C2=O)C3(C)C)sc2c1CCC2. The van der Waals surface area contributed by atoms with Gasteiger partial charge in [-0.2, -0.15) is 0 Å². The number of esters is 1. The predicted molar refractivity (Wildman–Crippen MR) is 108 cm³/mol. The number of rotatable bonds is 4. The third-order valence-corrected chi connectivity index (χ3v) is 8.58. The summed E-state index contributed by atoms with van der Waals surface area (Å²) in [6.07, 6.45) is 3.95. The number of nitrogens with zero attached hydrogens (tertiary/aromatic N) is 1. The fourth-order valence-electron chi connectivity index (χ4n) is 5.17. The maximum Gasteiger partial charge on any atom is 0.341 e. The van der Waals surface area contributed by atoms with Gasteiger partial charge in [-0.25, -0.2) is 4.79 Å². The Balaban J connectivity index is 1.55. The van der Waals surface area contributed by atoms with E-state index in [2.05, 4.69) is 5.32 Å². The molecule has 3 aliphatic rings. The number of methoxy groups -OCH3 is 1. The molecule has 2 fully saturated rings. The van der Waals surface area contributed by atoms with Crippen LogP contribution in [0.5, 0.6) is 0 Å². The number of nitrogens with one attached hydrogen (secondary N) is 1. The quantitative estimate of drug-likeness (QED) is 0.600. The first-order valence-corrected chi connectivity index (χ1v) is 10.8. The van der Waals surface area contributed by atoms with Gasteiger partial charge in [0.2, 0.25) is 17.7 Å². The van der Waals surface area contributed by atoms with E-state index in [1.165, 1.54) is 18.4 Å². The second-order valence-electron chi connectivity index (χ2n) is 8.98. The Morgan fingerprint density at radius 3 is 2.66 bits per heavy atom. The molecule has 1 N–H and O–H groups in total. The molecule has 1 aliphatic heterocycles. The Kier molecular flexibility index (Phi) is 4.60. The van der Waals surface area contributed by atoms with Crippen molar-refractivity contribution in [3.05, 3.63) is 16.0 Å². The first-order valence-electron chi connectivity index (χ1n) is 10.0. The van der Waals surface area contributed by atoms with Crippen molar-refractivity contribution in [3.63, 3.8) is 0 Å². The number of imide groups is 1. The minimum absolute atomic E-state index is 0.255. The highest BCUT2D eigenvalue weighted by Gasteiger charge is 2.64. The number of thiophene rings is 1. The highest BCUT2D eigenvalue weighted by atomic mass is 32.1. The van der Waals surface area contributed by atoms with Crippen LogP contribution < -0.4 is 5.32 Å². The largest absolute Gasteiger partial charge is 0.465 e. The lowest BCUT2D eigenvalue weighted by atomic mass is 9.62. The molecule has 2 bridgehead atoms. The number of ether oxygens (including phenoxy) is 1. The number of anilines is 1. The van der Waals surface area contributed by atoms with Crippen LogP contribution in [0.25, 0.3) is 0 Å². The van der Waals surface area contributed by atoms with Gasteiger partial charge < -0.3 is 10.1 Å². The van der Waals surface area contributed by atoms with Crippen molar-refractivity contribution in [2.24, 2.45) is 16.7 Å². The van der Waals surface area contributed by atoms with Gasteiger partial charge in [-0.3, -0.25) is 19.3 Å². The third-order valence-electron chi connectivity index (χ3n) is 7.37. The van der Waals surface area contributed by atoms with Crippen molar-refractivity contribution in [2.45, 2.75) is 52.9 Å². The van der Waals surface area contributed by atoms with Crippen molar-refractivity contribution >= 4 is 40.0 Å². The van der Waals surface area contributed by atoms with Crippen LogP contribution >= 0.6 is 11.3 Å². The Bertz CT molecular complexity index is 934. The molecule has 1 aromatic rings.